The van der Waals surface area contributed by atoms with Crippen LogP contribution in [-0.2, 0) is 21.9 Å². The Hall–Kier alpha value is -7.13. The SMILES string of the molecule is CC(=O)/C(=C\[N-]c1cc2ccccc2cc1N=C/C(C(=O)c1ccccc1)=C(/C)[O-])C(=O)c1ccccc1.[Fe+2].c1ccncc1.c1ccncc1.c1ccncc1. The van der Waals surface area contributed by atoms with Crippen LogP contribution in [0.1, 0.15) is 34.6 Å². The van der Waals surface area contributed by atoms with Crippen LogP contribution in [0.5, 0.6) is 0 Å². The van der Waals surface area contributed by atoms with E-state index < -0.39 is 23.1 Å². The van der Waals surface area contributed by atoms with Gasteiger partial charge in [-0.3, -0.25) is 34.3 Å². The molecule has 9 nitrogen and oxygen atoms in total. The molecule has 0 aliphatic carbocycles. The zero-order valence-corrected chi connectivity index (χ0v) is 32.4. The van der Waals surface area contributed by atoms with E-state index >= 15 is 0 Å². The molecule has 7 rings (SSSR count). The molecule has 0 aliphatic rings. The van der Waals surface area contributed by atoms with E-state index in [2.05, 4.69) is 25.3 Å². The molecule has 7 aromatic rings. The average Bonchev–Trinajstić information content (AvgIpc) is 3.26. The predicted octanol–water partition coefficient (Wildman–Crippen LogP) is 9.66. The fraction of sp³-hybridized carbons (Fsp3) is 0.0426. The van der Waals surface area contributed by atoms with Crippen molar-refractivity contribution in [2.24, 2.45) is 4.99 Å². The van der Waals surface area contributed by atoms with E-state index in [1.54, 1.807) is 110 Å². The number of fused-ring (bicyclic) bond motifs is 1. The molecule has 4 aromatic carbocycles. The normalized spacial score (nSPS) is 10.7. The minimum Gasteiger partial charge on any atom is -0.875 e. The molecular weight excluding hydrogens is 754 g/mol. The fourth-order valence-corrected chi connectivity index (χ4v) is 4.74. The Balaban J connectivity index is 0.000000370. The number of hydrogen-bond donors (Lipinski definition) is 0. The topological polar surface area (TPSA) is 139 Å². The van der Waals surface area contributed by atoms with Gasteiger partial charge in [0.05, 0.1) is 0 Å². The summed E-state index contributed by atoms with van der Waals surface area (Å²) in [4.78, 5) is 54.0. The van der Waals surface area contributed by atoms with Gasteiger partial charge in [-0.15, -0.1) is 11.4 Å². The number of ketones is 3. The van der Waals surface area contributed by atoms with E-state index in [1.165, 1.54) is 26.3 Å². The molecule has 0 radical (unpaired) electrons. The monoisotopic (exact) mass is 793 g/mol. The van der Waals surface area contributed by atoms with Gasteiger partial charge < -0.3 is 10.4 Å². The largest absolute Gasteiger partial charge is 2.00 e. The number of aromatic nitrogens is 3. The second kappa shape index (κ2) is 25.0. The summed E-state index contributed by atoms with van der Waals surface area (Å²) in [5, 5.41) is 18.5. The number of allylic oxidation sites excluding steroid dienone is 3. The maximum Gasteiger partial charge on any atom is 2.00 e. The van der Waals surface area contributed by atoms with Crippen molar-refractivity contribution < 1.29 is 36.6 Å². The molecule has 10 heteroatoms. The van der Waals surface area contributed by atoms with Crippen molar-refractivity contribution in [2.45, 2.75) is 13.8 Å². The van der Waals surface area contributed by atoms with E-state index in [0.29, 0.717) is 22.5 Å². The third kappa shape index (κ3) is 15.3. The summed E-state index contributed by atoms with van der Waals surface area (Å²) in [5.41, 5.74) is 1.34. The molecule has 0 spiro atoms. The predicted molar refractivity (Wildman–Crippen MR) is 221 cm³/mol. The molecule has 0 aliphatic heterocycles. The zero-order valence-electron chi connectivity index (χ0n) is 31.3. The summed E-state index contributed by atoms with van der Waals surface area (Å²) in [5.74, 6) is -1.72. The Morgan fingerprint density at radius 2 is 0.965 bits per heavy atom. The molecule has 3 aromatic heterocycles. The van der Waals surface area contributed by atoms with Gasteiger partial charge in [-0.25, -0.2) is 0 Å². The molecule has 0 saturated heterocycles. The molecule has 0 saturated carbocycles. The smallest absolute Gasteiger partial charge is 0.875 e. The van der Waals surface area contributed by atoms with Crippen LogP contribution in [0.4, 0.5) is 11.4 Å². The quantitative estimate of drug-likeness (QED) is 0.0270. The molecule has 57 heavy (non-hydrogen) atoms. The van der Waals surface area contributed by atoms with Crippen LogP contribution in [0, 0.1) is 0 Å². The maximum absolute atomic E-state index is 12.9. The van der Waals surface area contributed by atoms with Crippen molar-refractivity contribution in [1.82, 2.24) is 15.0 Å². The Kier molecular flexibility index (Phi) is 19.4. The Morgan fingerprint density at radius 3 is 1.35 bits per heavy atom. The van der Waals surface area contributed by atoms with E-state index in [9.17, 15) is 19.5 Å². The number of hydrogen-bond acceptors (Lipinski definition) is 8. The Labute approximate surface area is 343 Å². The van der Waals surface area contributed by atoms with Crippen LogP contribution in [0.3, 0.4) is 0 Å². The second-order valence-corrected chi connectivity index (χ2v) is 11.6. The molecular formula is C47H39FeN5O4. The van der Waals surface area contributed by atoms with Crippen LogP contribution in [0.15, 0.2) is 217 Å². The zero-order chi connectivity index (χ0) is 39.8. The molecule has 0 fully saturated rings. The molecule has 0 amide bonds. The number of nitrogens with zero attached hydrogens (tertiary/aromatic N) is 5. The molecule has 3 heterocycles. The van der Waals surface area contributed by atoms with Gasteiger partial charge in [-0.2, -0.15) is 6.20 Å². The number of pyridine rings is 3. The first kappa shape index (κ1) is 44.3. The number of carbonyl (C=O) groups is 3. The van der Waals surface area contributed by atoms with Crippen LogP contribution in [-0.4, -0.2) is 38.5 Å². The minimum absolute atomic E-state index is 0. The number of aliphatic imine (C=N–C) groups is 1. The van der Waals surface area contributed by atoms with E-state index in [-0.39, 0.29) is 28.2 Å². The van der Waals surface area contributed by atoms with Crippen molar-refractivity contribution in [3.05, 3.63) is 228 Å². The summed E-state index contributed by atoms with van der Waals surface area (Å²) in [6, 6.07) is 45.2. The number of rotatable bonds is 9. The van der Waals surface area contributed by atoms with Crippen LogP contribution < -0.4 is 5.11 Å². The summed E-state index contributed by atoms with van der Waals surface area (Å²) >= 11 is 0. The van der Waals surface area contributed by atoms with Gasteiger partial charge in [-0.05, 0) is 60.2 Å². The van der Waals surface area contributed by atoms with Crippen molar-refractivity contribution >= 4 is 45.7 Å². The molecule has 0 bridgehead atoms. The third-order valence-electron chi connectivity index (χ3n) is 7.53. The number of carbonyl (C=O) groups excluding carboxylic acids is 3. The number of Topliss-reactive ketones (excluding diaryl/α,β-unsaturated/α-hetero) is 3. The van der Waals surface area contributed by atoms with Crippen LogP contribution in [0.2, 0.25) is 0 Å². The van der Waals surface area contributed by atoms with Gasteiger partial charge >= 0.3 is 17.1 Å². The van der Waals surface area contributed by atoms with Gasteiger partial charge in [0, 0.05) is 71.4 Å². The molecule has 0 atom stereocenters. The minimum atomic E-state index is -0.437. The summed E-state index contributed by atoms with van der Waals surface area (Å²) in [6.45, 7) is 2.62. The van der Waals surface area contributed by atoms with E-state index in [4.69, 9.17) is 0 Å². The Bertz CT molecular complexity index is 2200. The second-order valence-electron chi connectivity index (χ2n) is 11.6. The summed E-state index contributed by atoms with van der Waals surface area (Å²) < 4.78 is 0. The van der Waals surface area contributed by atoms with Gasteiger partial charge in [0.2, 0.25) is 0 Å². The first-order valence-corrected chi connectivity index (χ1v) is 17.5. The number of benzene rings is 4. The summed E-state index contributed by atoms with van der Waals surface area (Å²) in [6.07, 6.45) is 13.0. The summed E-state index contributed by atoms with van der Waals surface area (Å²) in [7, 11) is 0. The van der Waals surface area contributed by atoms with Gasteiger partial charge in [0.25, 0.3) is 0 Å². The fourth-order valence-electron chi connectivity index (χ4n) is 4.74. The standard InChI is InChI=1S/C32H26N2O4.3C5H5N.Fe/c1-21(35)27(31(37)23-11-5-3-6-12-23)19-33-29-17-25-15-9-10-16-26(25)18-30(29)34-20-28(22(2)36)32(38)24-13-7-4-8-14-24;3*1-2-4-6-5-3-1;/h3-20H,1-2H3,(H2,33,34,35,36,37,38);3*1-5H;/q;;;;+2/p-2. The maximum atomic E-state index is 12.9. The van der Waals surface area contributed by atoms with Gasteiger partial charge in [-0.1, -0.05) is 116 Å². The van der Waals surface area contributed by atoms with E-state index in [0.717, 1.165) is 10.8 Å². The van der Waals surface area contributed by atoms with E-state index in [1.807, 2.05) is 78.9 Å². The van der Waals surface area contributed by atoms with Gasteiger partial charge in [0.15, 0.2) is 17.3 Å². The third-order valence-corrected chi connectivity index (χ3v) is 7.53. The Morgan fingerprint density at radius 1 is 0.561 bits per heavy atom. The van der Waals surface area contributed by atoms with Crippen molar-refractivity contribution in [3.63, 3.8) is 0 Å². The van der Waals surface area contributed by atoms with Crippen molar-refractivity contribution in [1.29, 1.82) is 0 Å². The van der Waals surface area contributed by atoms with Crippen LogP contribution >= 0.6 is 0 Å². The van der Waals surface area contributed by atoms with Gasteiger partial charge in [0.1, 0.15) is 0 Å². The van der Waals surface area contributed by atoms with Crippen molar-refractivity contribution in [2.75, 3.05) is 0 Å². The first-order chi connectivity index (χ1) is 27.3. The first-order valence-electron chi connectivity index (χ1n) is 17.5. The average molecular weight is 794 g/mol. The molecule has 0 N–H and O–H groups in total. The molecule has 284 valence electrons. The van der Waals surface area contributed by atoms with Crippen molar-refractivity contribution in [3.8, 4) is 0 Å². The molecule has 0 unspecified atom stereocenters. The van der Waals surface area contributed by atoms with Crippen LogP contribution in [0.25, 0.3) is 16.1 Å².